The Balaban J connectivity index is 1.25. The molecule has 35 heavy (non-hydrogen) atoms. The molecule has 1 saturated heterocycles. The monoisotopic (exact) mass is 495 g/mol. The SMILES string of the molecule is CC(C)c1ccc2c(c1)CC[C@H]1[C@](C)(CNC(=S)NC3CCCCC3N3CCCC3)CCC[C@]21C. The summed E-state index contributed by atoms with van der Waals surface area (Å²) in [4.78, 5) is 2.73. The molecule has 5 atom stereocenters. The highest BCUT2D eigenvalue weighted by Crippen LogP contribution is 2.57. The summed E-state index contributed by atoms with van der Waals surface area (Å²) in [6.45, 7) is 13.3. The van der Waals surface area contributed by atoms with Crippen LogP contribution < -0.4 is 10.6 Å². The molecule has 0 aromatic heterocycles. The lowest BCUT2D eigenvalue weighted by molar-refractivity contribution is 0.0291. The number of hydrogen-bond acceptors (Lipinski definition) is 2. The Morgan fingerprint density at radius 2 is 1.80 bits per heavy atom. The van der Waals surface area contributed by atoms with Gasteiger partial charge in [-0.3, -0.25) is 4.90 Å². The maximum Gasteiger partial charge on any atom is 0.166 e. The van der Waals surface area contributed by atoms with Gasteiger partial charge in [0.1, 0.15) is 0 Å². The second kappa shape index (κ2) is 10.3. The molecule has 3 aliphatic carbocycles. The summed E-state index contributed by atoms with van der Waals surface area (Å²) in [6, 6.07) is 8.60. The third-order valence-electron chi connectivity index (χ3n) is 10.5. The summed E-state index contributed by atoms with van der Waals surface area (Å²) in [5.41, 5.74) is 5.33. The number of fused-ring (bicyclic) bond motifs is 3. The Kier molecular flexibility index (Phi) is 7.53. The normalized spacial score (nSPS) is 35.4. The molecule has 1 heterocycles. The smallest absolute Gasteiger partial charge is 0.166 e. The van der Waals surface area contributed by atoms with Gasteiger partial charge in [0, 0.05) is 18.6 Å². The molecule has 0 amide bonds. The van der Waals surface area contributed by atoms with Crippen molar-refractivity contribution < 1.29 is 0 Å². The first-order valence-electron chi connectivity index (χ1n) is 14.7. The van der Waals surface area contributed by atoms with Crippen LogP contribution in [0.3, 0.4) is 0 Å². The molecule has 3 fully saturated rings. The van der Waals surface area contributed by atoms with E-state index in [9.17, 15) is 0 Å². The average molecular weight is 496 g/mol. The number of hydrogen-bond donors (Lipinski definition) is 2. The molecule has 4 heteroatoms. The highest BCUT2D eigenvalue weighted by molar-refractivity contribution is 7.80. The highest BCUT2D eigenvalue weighted by atomic mass is 32.1. The molecule has 194 valence electrons. The van der Waals surface area contributed by atoms with E-state index in [0.717, 1.165) is 11.7 Å². The summed E-state index contributed by atoms with van der Waals surface area (Å²) < 4.78 is 0. The minimum absolute atomic E-state index is 0.286. The Labute approximate surface area is 220 Å². The molecule has 2 N–H and O–H groups in total. The first-order valence-corrected chi connectivity index (χ1v) is 15.1. The van der Waals surface area contributed by atoms with E-state index in [4.69, 9.17) is 12.2 Å². The summed E-state index contributed by atoms with van der Waals surface area (Å²) in [7, 11) is 0. The number of benzene rings is 1. The van der Waals surface area contributed by atoms with Crippen LogP contribution in [0.5, 0.6) is 0 Å². The summed E-state index contributed by atoms with van der Waals surface area (Å²) in [6.07, 6.45) is 14.5. The van der Waals surface area contributed by atoms with Gasteiger partial charge < -0.3 is 10.6 Å². The van der Waals surface area contributed by atoms with E-state index in [2.05, 4.69) is 61.4 Å². The summed E-state index contributed by atoms with van der Waals surface area (Å²) in [5, 5.41) is 8.44. The number of aryl methyl sites for hydroxylation is 1. The zero-order chi connectivity index (χ0) is 24.6. The molecule has 4 aliphatic rings. The van der Waals surface area contributed by atoms with Gasteiger partial charge in [0.25, 0.3) is 0 Å². The van der Waals surface area contributed by atoms with Gasteiger partial charge >= 0.3 is 0 Å². The fraction of sp³-hybridized carbons (Fsp3) is 0.774. The molecule has 1 aromatic carbocycles. The van der Waals surface area contributed by atoms with Crippen LogP contribution in [0.4, 0.5) is 0 Å². The minimum atomic E-state index is 0.286. The zero-order valence-corrected chi connectivity index (χ0v) is 23.6. The van der Waals surface area contributed by atoms with E-state index in [1.165, 1.54) is 89.3 Å². The second-order valence-electron chi connectivity index (χ2n) is 13.1. The van der Waals surface area contributed by atoms with Gasteiger partial charge in [0.15, 0.2) is 5.11 Å². The van der Waals surface area contributed by atoms with Crippen molar-refractivity contribution in [1.29, 1.82) is 0 Å². The molecule has 3 nitrogen and oxygen atoms in total. The van der Waals surface area contributed by atoms with Crippen molar-refractivity contribution in [2.45, 2.75) is 122 Å². The Bertz CT molecular complexity index is 906. The standard InChI is InChI=1S/C31H49N3S/c1-22(2)23-12-14-25-24(20-23)13-15-28-30(3,16-9-17-31(25,28)4)21-32-29(35)33-26-10-5-6-11-27(26)34-18-7-8-19-34/h12,14,20,22,26-28H,5-11,13,15-19,21H2,1-4H3,(H2,32,33,35)/t26?,27?,28-,30-,31+/m0/s1. The Hall–Kier alpha value is -1.13. The zero-order valence-electron chi connectivity index (χ0n) is 22.8. The molecule has 2 saturated carbocycles. The Morgan fingerprint density at radius 3 is 2.57 bits per heavy atom. The highest BCUT2D eigenvalue weighted by Gasteiger charge is 2.51. The fourth-order valence-electron chi connectivity index (χ4n) is 8.51. The maximum atomic E-state index is 5.92. The molecule has 1 aromatic rings. The van der Waals surface area contributed by atoms with Crippen LogP contribution in [0.2, 0.25) is 0 Å². The van der Waals surface area contributed by atoms with Crippen molar-refractivity contribution in [3.63, 3.8) is 0 Å². The predicted octanol–water partition coefficient (Wildman–Crippen LogP) is 6.69. The van der Waals surface area contributed by atoms with E-state index < -0.39 is 0 Å². The van der Waals surface area contributed by atoms with Gasteiger partial charge in [0.05, 0.1) is 0 Å². The van der Waals surface area contributed by atoms with E-state index in [-0.39, 0.29) is 10.8 Å². The van der Waals surface area contributed by atoms with Gasteiger partial charge in [0.2, 0.25) is 0 Å². The quantitative estimate of drug-likeness (QED) is 0.445. The van der Waals surface area contributed by atoms with E-state index in [1.54, 1.807) is 11.1 Å². The largest absolute Gasteiger partial charge is 0.362 e. The predicted molar refractivity (Wildman–Crippen MR) is 152 cm³/mol. The van der Waals surface area contributed by atoms with Crippen LogP contribution >= 0.6 is 12.2 Å². The van der Waals surface area contributed by atoms with Crippen LogP contribution in [-0.4, -0.2) is 41.7 Å². The third-order valence-corrected chi connectivity index (χ3v) is 10.7. The molecule has 0 radical (unpaired) electrons. The van der Waals surface area contributed by atoms with Crippen molar-refractivity contribution in [2.24, 2.45) is 11.3 Å². The first-order chi connectivity index (χ1) is 16.8. The molecular weight excluding hydrogens is 446 g/mol. The first kappa shape index (κ1) is 25.5. The molecule has 1 aliphatic heterocycles. The maximum absolute atomic E-state index is 5.92. The molecule has 0 bridgehead atoms. The van der Waals surface area contributed by atoms with Crippen LogP contribution in [-0.2, 0) is 11.8 Å². The lowest BCUT2D eigenvalue weighted by Crippen LogP contribution is -2.57. The van der Waals surface area contributed by atoms with Gasteiger partial charge in [-0.15, -0.1) is 0 Å². The van der Waals surface area contributed by atoms with Gasteiger partial charge in [-0.1, -0.05) is 65.2 Å². The lowest BCUT2D eigenvalue weighted by Gasteiger charge is -2.55. The Morgan fingerprint density at radius 1 is 1.03 bits per heavy atom. The van der Waals surface area contributed by atoms with Crippen molar-refractivity contribution >= 4 is 17.3 Å². The van der Waals surface area contributed by atoms with E-state index >= 15 is 0 Å². The fourth-order valence-corrected chi connectivity index (χ4v) is 8.73. The molecule has 2 unspecified atom stereocenters. The van der Waals surface area contributed by atoms with Crippen LogP contribution in [0.15, 0.2) is 18.2 Å². The van der Waals surface area contributed by atoms with Crippen molar-refractivity contribution in [3.8, 4) is 0 Å². The van der Waals surface area contributed by atoms with Crippen LogP contribution in [0, 0.1) is 11.3 Å². The van der Waals surface area contributed by atoms with Crippen LogP contribution in [0.1, 0.15) is 115 Å². The van der Waals surface area contributed by atoms with Crippen molar-refractivity contribution in [1.82, 2.24) is 15.5 Å². The molecule has 0 spiro atoms. The van der Waals surface area contributed by atoms with Crippen LogP contribution in [0.25, 0.3) is 0 Å². The number of thiocarbonyl (C=S) groups is 1. The van der Waals surface area contributed by atoms with Crippen molar-refractivity contribution in [3.05, 3.63) is 34.9 Å². The molecular formula is C31H49N3S. The topological polar surface area (TPSA) is 27.3 Å². The van der Waals surface area contributed by atoms with Gasteiger partial charge in [-0.05, 0) is 116 Å². The molecule has 5 rings (SSSR count). The number of likely N-dealkylation sites (tertiary alicyclic amines) is 1. The average Bonchev–Trinajstić information content (AvgIpc) is 3.38. The number of rotatable bonds is 5. The second-order valence-corrected chi connectivity index (χ2v) is 13.5. The van der Waals surface area contributed by atoms with Crippen molar-refractivity contribution in [2.75, 3.05) is 19.6 Å². The number of nitrogens with one attached hydrogen (secondary N) is 2. The third kappa shape index (κ3) is 5.04. The lowest BCUT2D eigenvalue weighted by atomic mass is 9.49. The van der Waals surface area contributed by atoms with E-state index in [0.29, 0.717) is 23.9 Å². The minimum Gasteiger partial charge on any atom is -0.362 e. The van der Waals surface area contributed by atoms with E-state index in [1.807, 2.05) is 0 Å². The summed E-state index contributed by atoms with van der Waals surface area (Å²) >= 11 is 5.92. The van der Waals surface area contributed by atoms with Gasteiger partial charge in [-0.25, -0.2) is 0 Å². The summed E-state index contributed by atoms with van der Waals surface area (Å²) in [5.74, 6) is 1.32. The van der Waals surface area contributed by atoms with Gasteiger partial charge in [-0.2, -0.15) is 0 Å². The number of nitrogens with zero attached hydrogens (tertiary/aromatic N) is 1.